The Labute approximate surface area is 110 Å². The Morgan fingerprint density at radius 3 is 2.89 bits per heavy atom. The summed E-state index contributed by atoms with van der Waals surface area (Å²) in [4.78, 5) is 15.5. The zero-order valence-corrected chi connectivity index (χ0v) is 10.9. The number of anilines is 1. The number of thiazole rings is 1. The van der Waals surface area contributed by atoms with Gasteiger partial charge in [0.05, 0.1) is 5.69 Å². The van der Waals surface area contributed by atoms with E-state index < -0.39 is 0 Å². The van der Waals surface area contributed by atoms with Crippen LogP contribution in [0.4, 0.5) is 5.13 Å². The largest absolute Gasteiger partial charge is 0.487 e. The van der Waals surface area contributed by atoms with E-state index in [9.17, 15) is 4.79 Å². The van der Waals surface area contributed by atoms with E-state index in [2.05, 4.69) is 10.3 Å². The van der Waals surface area contributed by atoms with Gasteiger partial charge in [0, 0.05) is 11.8 Å². The van der Waals surface area contributed by atoms with Crippen LogP contribution in [0.3, 0.4) is 0 Å². The molecule has 0 spiro atoms. The number of hydrogen-bond acceptors (Lipinski definition) is 4. The Kier molecular flexibility index (Phi) is 4.30. The van der Waals surface area contributed by atoms with Crippen molar-refractivity contribution in [3.8, 4) is 5.75 Å². The van der Waals surface area contributed by atoms with Gasteiger partial charge in [0.1, 0.15) is 12.4 Å². The molecule has 1 aromatic carbocycles. The molecule has 5 heteroatoms. The number of amides is 1. The summed E-state index contributed by atoms with van der Waals surface area (Å²) < 4.78 is 5.57. The van der Waals surface area contributed by atoms with Crippen molar-refractivity contribution in [2.24, 2.45) is 0 Å². The zero-order valence-electron chi connectivity index (χ0n) is 10.1. The highest BCUT2D eigenvalue weighted by atomic mass is 32.1. The van der Waals surface area contributed by atoms with Gasteiger partial charge in [-0.05, 0) is 12.1 Å². The standard InChI is InChI=1S/C13H14N2O2S/c1-2-12(16)15-13-14-10(9-18-13)8-17-11-6-4-3-5-7-11/h3-7,9H,2,8H2,1H3,(H,14,15,16). The van der Waals surface area contributed by atoms with Crippen LogP contribution < -0.4 is 10.1 Å². The molecule has 18 heavy (non-hydrogen) atoms. The quantitative estimate of drug-likeness (QED) is 0.901. The first-order valence-electron chi connectivity index (χ1n) is 5.70. The molecule has 0 saturated heterocycles. The molecule has 0 aliphatic heterocycles. The normalized spacial score (nSPS) is 10.1. The summed E-state index contributed by atoms with van der Waals surface area (Å²) in [6.45, 7) is 2.21. The molecule has 2 rings (SSSR count). The molecule has 1 N–H and O–H groups in total. The van der Waals surface area contributed by atoms with Gasteiger partial charge in [-0.2, -0.15) is 0 Å². The lowest BCUT2D eigenvalue weighted by atomic mass is 10.3. The minimum Gasteiger partial charge on any atom is -0.487 e. The van der Waals surface area contributed by atoms with Crippen molar-refractivity contribution in [1.29, 1.82) is 0 Å². The number of ether oxygens (including phenoxy) is 1. The maximum absolute atomic E-state index is 11.2. The van der Waals surface area contributed by atoms with E-state index in [1.807, 2.05) is 42.6 Å². The molecule has 0 saturated carbocycles. The summed E-state index contributed by atoms with van der Waals surface area (Å²) >= 11 is 1.41. The van der Waals surface area contributed by atoms with Gasteiger partial charge >= 0.3 is 0 Å². The fraction of sp³-hybridized carbons (Fsp3) is 0.231. The molecule has 1 amide bonds. The average molecular weight is 262 g/mol. The van der Waals surface area contributed by atoms with Gasteiger partial charge in [0.15, 0.2) is 5.13 Å². The van der Waals surface area contributed by atoms with Crippen LogP contribution >= 0.6 is 11.3 Å². The Morgan fingerprint density at radius 2 is 2.17 bits per heavy atom. The van der Waals surface area contributed by atoms with Crippen LogP contribution in [0, 0.1) is 0 Å². The summed E-state index contributed by atoms with van der Waals surface area (Å²) in [6, 6.07) is 9.57. The van der Waals surface area contributed by atoms with Crippen molar-refractivity contribution in [1.82, 2.24) is 4.98 Å². The molecule has 4 nitrogen and oxygen atoms in total. The van der Waals surface area contributed by atoms with Gasteiger partial charge in [-0.3, -0.25) is 4.79 Å². The van der Waals surface area contributed by atoms with E-state index in [1.54, 1.807) is 0 Å². The van der Waals surface area contributed by atoms with Crippen LogP contribution in [0.15, 0.2) is 35.7 Å². The maximum Gasteiger partial charge on any atom is 0.225 e. The van der Waals surface area contributed by atoms with Crippen LogP contribution in [0.25, 0.3) is 0 Å². The number of carbonyl (C=O) groups excluding carboxylic acids is 1. The number of hydrogen-bond donors (Lipinski definition) is 1. The molecule has 0 unspecified atom stereocenters. The third kappa shape index (κ3) is 3.56. The molecule has 1 aromatic heterocycles. The number of benzene rings is 1. The molecule has 0 aliphatic rings. The van der Waals surface area contributed by atoms with Gasteiger partial charge in [0.25, 0.3) is 0 Å². The predicted octanol–water partition coefficient (Wildman–Crippen LogP) is 3.07. The van der Waals surface area contributed by atoms with Crippen molar-refractivity contribution >= 4 is 22.4 Å². The summed E-state index contributed by atoms with van der Waals surface area (Å²) in [5.74, 6) is 0.782. The maximum atomic E-state index is 11.2. The number of aromatic nitrogens is 1. The predicted molar refractivity (Wildman–Crippen MR) is 71.8 cm³/mol. The first kappa shape index (κ1) is 12.6. The van der Waals surface area contributed by atoms with Gasteiger partial charge in [-0.15, -0.1) is 11.3 Å². The Morgan fingerprint density at radius 1 is 1.39 bits per heavy atom. The van der Waals surface area contributed by atoms with E-state index in [0.717, 1.165) is 11.4 Å². The Hall–Kier alpha value is -1.88. The number of para-hydroxylation sites is 1. The van der Waals surface area contributed by atoms with Crippen molar-refractivity contribution < 1.29 is 9.53 Å². The first-order chi connectivity index (χ1) is 8.78. The topological polar surface area (TPSA) is 51.2 Å². The second kappa shape index (κ2) is 6.16. The van der Waals surface area contributed by atoms with Gasteiger partial charge in [-0.25, -0.2) is 4.98 Å². The zero-order chi connectivity index (χ0) is 12.8. The lowest BCUT2D eigenvalue weighted by molar-refractivity contribution is -0.115. The van der Waals surface area contributed by atoms with E-state index >= 15 is 0 Å². The highest BCUT2D eigenvalue weighted by molar-refractivity contribution is 7.13. The van der Waals surface area contributed by atoms with E-state index in [0.29, 0.717) is 18.2 Å². The van der Waals surface area contributed by atoms with E-state index in [-0.39, 0.29) is 5.91 Å². The highest BCUT2D eigenvalue weighted by Gasteiger charge is 2.05. The summed E-state index contributed by atoms with van der Waals surface area (Å²) in [5, 5.41) is 5.23. The SMILES string of the molecule is CCC(=O)Nc1nc(COc2ccccc2)cs1. The first-order valence-corrected chi connectivity index (χ1v) is 6.58. The molecule has 94 valence electrons. The number of nitrogens with one attached hydrogen (secondary N) is 1. The van der Waals surface area contributed by atoms with Crippen molar-refractivity contribution in [3.05, 3.63) is 41.4 Å². The van der Waals surface area contributed by atoms with Gasteiger partial charge in [-0.1, -0.05) is 25.1 Å². The van der Waals surface area contributed by atoms with Crippen LogP contribution in [-0.2, 0) is 11.4 Å². The van der Waals surface area contributed by atoms with Crippen LogP contribution in [0.5, 0.6) is 5.75 Å². The number of nitrogens with zero attached hydrogens (tertiary/aromatic N) is 1. The average Bonchev–Trinajstić information content (AvgIpc) is 2.85. The Balaban J connectivity index is 1.89. The fourth-order valence-electron chi connectivity index (χ4n) is 1.31. The molecule has 0 bridgehead atoms. The van der Waals surface area contributed by atoms with E-state index in [4.69, 9.17) is 4.74 Å². The minimum absolute atomic E-state index is 0.0279. The summed E-state index contributed by atoms with van der Waals surface area (Å²) in [5.41, 5.74) is 0.815. The molecule has 2 aromatic rings. The molecular weight excluding hydrogens is 248 g/mol. The molecule has 1 heterocycles. The second-order valence-electron chi connectivity index (χ2n) is 3.65. The van der Waals surface area contributed by atoms with Crippen LogP contribution in [-0.4, -0.2) is 10.9 Å². The number of rotatable bonds is 5. The molecular formula is C13H14N2O2S. The molecule has 0 aliphatic carbocycles. The second-order valence-corrected chi connectivity index (χ2v) is 4.51. The van der Waals surface area contributed by atoms with Crippen LogP contribution in [0.1, 0.15) is 19.0 Å². The summed E-state index contributed by atoms with van der Waals surface area (Å²) in [6.07, 6.45) is 0.454. The molecule has 0 radical (unpaired) electrons. The van der Waals surface area contributed by atoms with Crippen molar-refractivity contribution in [2.45, 2.75) is 20.0 Å². The molecule has 0 atom stereocenters. The number of carbonyl (C=O) groups is 1. The van der Waals surface area contributed by atoms with Gasteiger partial charge in [0.2, 0.25) is 5.91 Å². The smallest absolute Gasteiger partial charge is 0.225 e. The summed E-state index contributed by atoms with van der Waals surface area (Å²) in [7, 11) is 0. The van der Waals surface area contributed by atoms with E-state index in [1.165, 1.54) is 11.3 Å². The lowest BCUT2D eigenvalue weighted by Crippen LogP contribution is -2.09. The van der Waals surface area contributed by atoms with Crippen molar-refractivity contribution in [3.63, 3.8) is 0 Å². The fourth-order valence-corrected chi connectivity index (χ4v) is 2.02. The minimum atomic E-state index is -0.0279. The van der Waals surface area contributed by atoms with Crippen LogP contribution in [0.2, 0.25) is 0 Å². The highest BCUT2D eigenvalue weighted by Crippen LogP contribution is 2.17. The Bertz CT molecular complexity index is 511. The third-order valence-electron chi connectivity index (χ3n) is 2.25. The molecule has 0 fully saturated rings. The van der Waals surface area contributed by atoms with Crippen molar-refractivity contribution in [2.75, 3.05) is 5.32 Å². The van der Waals surface area contributed by atoms with Gasteiger partial charge < -0.3 is 10.1 Å². The monoisotopic (exact) mass is 262 g/mol. The third-order valence-corrected chi connectivity index (χ3v) is 3.06. The lowest BCUT2D eigenvalue weighted by Gasteiger charge is -2.02.